The van der Waals surface area contributed by atoms with Crippen molar-refractivity contribution in [2.45, 2.75) is 13.8 Å². The number of aliphatic carboxylic acids is 1. The molecule has 2 N–H and O–H groups in total. The Kier molecular flexibility index (Phi) is 3.87. The van der Waals surface area contributed by atoms with Crippen LogP contribution in [0.25, 0.3) is 0 Å². The summed E-state index contributed by atoms with van der Waals surface area (Å²) < 4.78 is 0. The zero-order chi connectivity index (χ0) is 13.1. The first-order valence-electron chi connectivity index (χ1n) is 6.34. The van der Waals surface area contributed by atoms with E-state index in [0.29, 0.717) is 13.1 Å². The number of hydrogen-bond acceptors (Lipinski definition) is 3. The maximum absolute atomic E-state index is 11.2. The van der Waals surface area contributed by atoms with E-state index in [-0.39, 0.29) is 5.92 Å². The molecule has 0 radical (unpaired) electrons. The van der Waals surface area contributed by atoms with Gasteiger partial charge in [-0.3, -0.25) is 4.79 Å². The molecule has 1 atom stereocenters. The van der Waals surface area contributed by atoms with Gasteiger partial charge in [-0.05, 0) is 25.0 Å². The van der Waals surface area contributed by atoms with Crippen LogP contribution in [0.4, 0.5) is 5.69 Å². The van der Waals surface area contributed by atoms with Crippen molar-refractivity contribution in [1.29, 1.82) is 0 Å². The summed E-state index contributed by atoms with van der Waals surface area (Å²) in [6, 6.07) is 6.20. The second kappa shape index (κ2) is 5.40. The van der Waals surface area contributed by atoms with Crippen molar-refractivity contribution in [2.75, 3.05) is 31.1 Å². The first kappa shape index (κ1) is 12.9. The maximum Gasteiger partial charge on any atom is 0.309 e. The van der Waals surface area contributed by atoms with E-state index in [1.165, 1.54) is 16.8 Å². The van der Waals surface area contributed by atoms with Gasteiger partial charge in [-0.2, -0.15) is 0 Å². The number of benzene rings is 1. The van der Waals surface area contributed by atoms with Crippen molar-refractivity contribution in [3.63, 3.8) is 0 Å². The van der Waals surface area contributed by atoms with Crippen molar-refractivity contribution < 1.29 is 9.90 Å². The van der Waals surface area contributed by atoms with E-state index in [9.17, 15) is 9.90 Å². The molecule has 0 saturated carbocycles. The first-order valence-corrected chi connectivity index (χ1v) is 6.34. The van der Waals surface area contributed by atoms with Gasteiger partial charge in [-0.1, -0.05) is 18.2 Å². The highest BCUT2D eigenvalue weighted by molar-refractivity contribution is 5.72. The van der Waals surface area contributed by atoms with Crippen molar-refractivity contribution in [3.8, 4) is 0 Å². The van der Waals surface area contributed by atoms with Gasteiger partial charge in [-0.25, -0.2) is 0 Å². The van der Waals surface area contributed by atoms with Crippen LogP contribution in [0.2, 0.25) is 0 Å². The Balaban J connectivity index is 2.28. The van der Waals surface area contributed by atoms with E-state index in [1.54, 1.807) is 0 Å². The lowest BCUT2D eigenvalue weighted by atomic mass is 10.1. The van der Waals surface area contributed by atoms with Crippen molar-refractivity contribution >= 4 is 11.7 Å². The zero-order valence-electron chi connectivity index (χ0n) is 10.9. The number of anilines is 1. The number of para-hydroxylation sites is 1. The lowest BCUT2D eigenvalue weighted by Crippen LogP contribution is -2.34. The molecule has 4 nitrogen and oxygen atoms in total. The lowest BCUT2D eigenvalue weighted by molar-refractivity contribution is -0.141. The molecule has 2 rings (SSSR count). The largest absolute Gasteiger partial charge is 0.481 e. The molecule has 18 heavy (non-hydrogen) atoms. The van der Waals surface area contributed by atoms with E-state index in [2.05, 4.69) is 36.2 Å². The minimum absolute atomic E-state index is 0.341. The van der Waals surface area contributed by atoms with Gasteiger partial charge in [0, 0.05) is 31.9 Å². The monoisotopic (exact) mass is 248 g/mol. The highest BCUT2D eigenvalue weighted by atomic mass is 16.4. The van der Waals surface area contributed by atoms with Gasteiger partial charge >= 0.3 is 5.97 Å². The van der Waals surface area contributed by atoms with Crippen LogP contribution in [0, 0.1) is 19.8 Å². The number of hydrogen-bond donors (Lipinski definition) is 2. The van der Waals surface area contributed by atoms with E-state index in [4.69, 9.17) is 0 Å². The predicted molar refractivity (Wildman–Crippen MR) is 72.1 cm³/mol. The van der Waals surface area contributed by atoms with Gasteiger partial charge in [0.1, 0.15) is 0 Å². The summed E-state index contributed by atoms with van der Waals surface area (Å²) in [4.78, 5) is 13.4. The number of nitrogens with zero attached hydrogens (tertiary/aromatic N) is 1. The molecule has 1 fully saturated rings. The fourth-order valence-electron chi connectivity index (χ4n) is 2.59. The quantitative estimate of drug-likeness (QED) is 0.831. The summed E-state index contributed by atoms with van der Waals surface area (Å²) in [7, 11) is 0. The number of rotatable bonds is 2. The molecule has 1 unspecified atom stereocenters. The minimum atomic E-state index is -0.722. The van der Waals surface area contributed by atoms with Gasteiger partial charge < -0.3 is 15.3 Å². The van der Waals surface area contributed by atoms with Crippen LogP contribution in [0.1, 0.15) is 11.1 Å². The van der Waals surface area contributed by atoms with Gasteiger partial charge in [0.2, 0.25) is 0 Å². The fraction of sp³-hybridized carbons (Fsp3) is 0.500. The average molecular weight is 248 g/mol. The highest BCUT2D eigenvalue weighted by Gasteiger charge is 2.24. The molecule has 1 heterocycles. The average Bonchev–Trinajstić information content (AvgIpc) is 2.54. The van der Waals surface area contributed by atoms with Crippen LogP contribution in [0.15, 0.2) is 18.2 Å². The molecule has 0 spiro atoms. The normalized spacial score (nSPS) is 20.6. The molecule has 0 amide bonds. The summed E-state index contributed by atoms with van der Waals surface area (Å²) in [5.74, 6) is -1.06. The van der Waals surface area contributed by atoms with Crippen LogP contribution in [0.3, 0.4) is 0 Å². The summed E-state index contributed by atoms with van der Waals surface area (Å²) in [6.45, 7) is 6.98. The third-order valence-corrected chi connectivity index (χ3v) is 3.49. The zero-order valence-corrected chi connectivity index (χ0v) is 10.9. The molecule has 0 aromatic heterocycles. The molecule has 1 aliphatic rings. The smallest absolute Gasteiger partial charge is 0.309 e. The molecule has 98 valence electrons. The SMILES string of the molecule is Cc1cccc(C)c1N1CCNCC(C(=O)O)C1. The van der Waals surface area contributed by atoms with Crippen molar-refractivity contribution in [1.82, 2.24) is 5.32 Å². The topological polar surface area (TPSA) is 52.6 Å². The Labute approximate surface area is 108 Å². The fourth-order valence-corrected chi connectivity index (χ4v) is 2.59. The summed E-state index contributed by atoms with van der Waals surface area (Å²) in [5, 5.41) is 12.4. The Bertz CT molecular complexity index is 425. The number of carbonyl (C=O) groups is 1. The van der Waals surface area contributed by atoms with Crippen LogP contribution in [-0.2, 0) is 4.79 Å². The molecular weight excluding hydrogens is 228 g/mol. The molecule has 1 aliphatic heterocycles. The van der Waals surface area contributed by atoms with Crippen LogP contribution in [-0.4, -0.2) is 37.3 Å². The number of nitrogens with one attached hydrogen (secondary N) is 1. The predicted octanol–water partition coefficient (Wildman–Crippen LogP) is 1.41. The first-order chi connectivity index (χ1) is 8.59. The van der Waals surface area contributed by atoms with Gasteiger partial charge in [0.25, 0.3) is 0 Å². The molecule has 1 saturated heterocycles. The Morgan fingerprint density at radius 2 is 2.06 bits per heavy atom. The minimum Gasteiger partial charge on any atom is -0.481 e. The molecule has 4 heteroatoms. The Hall–Kier alpha value is -1.55. The number of carboxylic acid groups (broad SMARTS) is 1. The van der Waals surface area contributed by atoms with Gasteiger partial charge in [-0.15, -0.1) is 0 Å². The Morgan fingerprint density at radius 3 is 2.67 bits per heavy atom. The summed E-state index contributed by atoms with van der Waals surface area (Å²) in [6.07, 6.45) is 0. The van der Waals surface area contributed by atoms with Crippen LogP contribution >= 0.6 is 0 Å². The molecule has 1 aromatic carbocycles. The molecule has 0 bridgehead atoms. The van der Waals surface area contributed by atoms with Crippen LogP contribution < -0.4 is 10.2 Å². The van der Waals surface area contributed by atoms with E-state index in [0.717, 1.165) is 13.1 Å². The second-order valence-electron chi connectivity index (χ2n) is 4.93. The summed E-state index contributed by atoms with van der Waals surface area (Å²) in [5.41, 5.74) is 3.61. The van der Waals surface area contributed by atoms with Crippen molar-refractivity contribution in [3.05, 3.63) is 29.3 Å². The molecule has 1 aromatic rings. The molecular formula is C14H20N2O2. The highest BCUT2D eigenvalue weighted by Crippen LogP contribution is 2.25. The van der Waals surface area contributed by atoms with E-state index >= 15 is 0 Å². The van der Waals surface area contributed by atoms with E-state index in [1.807, 2.05) is 6.07 Å². The Morgan fingerprint density at radius 1 is 1.39 bits per heavy atom. The maximum atomic E-state index is 11.2. The third-order valence-electron chi connectivity index (χ3n) is 3.49. The summed E-state index contributed by atoms with van der Waals surface area (Å²) >= 11 is 0. The van der Waals surface area contributed by atoms with E-state index < -0.39 is 5.97 Å². The van der Waals surface area contributed by atoms with Crippen LogP contribution in [0.5, 0.6) is 0 Å². The number of carboxylic acids is 1. The third kappa shape index (κ3) is 2.64. The standard InChI is InChI=1S/C14H20N2O2/c1-10-4-3-5-11(2)13(10)16-7-6-15-8-12(9-16)14(17)18/h3-5,12,15H,6-9H2,1-2H3,(H,17,18). The lowest BCUT2D eigenvalue weighted by Gasteiger charge is -2.27. The van der Waals surface area contributed by atoms with Gasteiger partial charge in [0.05, 0.1) is 5.92 Å². The molecule has 0 aliphatic carbocycles. The second-order valence-corrected chi connectivity index (χ2v) is 4.93. The van der Waals surface area contributed by atoms with Crippen molar-refractivity contribution in [2.24, 2.45) is 5.92 Å². The van der Waals surface area contributed by atoms with Gasteiger partial charge in [0.15, 0.2) is 0 Å². The number of aryl methyl sites for hydroxylation is 2.